The molecule has 3 amide bonds. The molecule has 0 spiro atoms. The van der Waals surface area contributed by atoms with Gasteiger partial charge in [0.25, 0.3) is 5.91 Å². The molecule has 0 unspecified atom stereocenters. The molecule has 178 valence electrons. The van der Waals surface area contributed by atoms with Crippen LogP contribution in [0.3, 0.4) is 0 Å². The summed E-state index contributed by atoms with van der Waals surface area (Å²) < 4.78 is 6.65. The third-order valence-corrected chi connectivity index (χ3v) is 6.07. The van der Waals surface area contributed by atoms with E-state index in [1.807, 2.05) is 19.1 Å². The first-order valence-electron chi connectivity index (χ1n) is 10.4. The molecule has 0 atom stereocenters. The van der Waals surface area contributed by atoms with Gasteiger partial charge in [-0.3, -0.25) is 19.8 Å². The molecule has 35 heavy (non-hydrogen) atoms. The maximum Gasteiger partial charge on any atom is 0.328 e. The highest BCUT2D eigenvalue weighted by Crippen LogP contribution is 2.30. The van der Waals surface area contributed by atoms with Gasteiger partial charge in [0, 0.05) is 11.1 Å². The number of para-hydroxylation sites is 2. The second-order valence-corrected chi connectivity index (χ2v) is 8.31. The number of nitrogens with one attached hydrogen (secondary N) is 3. The van der Waals surface area contributed by atoms with Crippen molar-refractivity contribution in [3.8, 4) is 5.75 Å². The lowest BCUT2D eigenvalue weighted by Crippen LogP contribution is -2.36. The van der Waals surface area contributed by atoms with E-state index >= 15 is 0 Å². The molecule has 0 fully saturated rings. The number of hydrogen-bond donors (Lipinski definition) is 3. The number of anilines is 2. The van der Waals surface area contributed by atoms with E-state index in [0.29, 0.717) is 22.3 Å². The molecular formula is C25H20Cl2N4O4. The van der Waals surface area contributed by atoms with Crippen molar-refractivity contribution in [3.05, 3.63) is 88.0 Å². The Kier molecular flexibility index (Phi) is 6.95. The van der Waals surface area contributed by atoms with Crippen molar-refractivity contribution < 1.29 is 19.1 Å². The molecule has 4 aromatic rings. The fourth-order valence-corrected chi connectivity index (χ4v) is 3.85. The fraction of sp³-hybridized carbons (Fsp3) is 0.0800. The normalized spacial score (nSPS) is 10.6. The van der Waals surface area contributed by atoms with E-state index in [9.17, 15) is 14.4 Å². The zero-order valence-corrected chi connectivity index (χ0v) is 20.2. The number of nitrogens with zero attached hydrogens (tertiary/aromatic N) is 1. The summed E-state index contributed by atoms with van der Waals surface area (Å²) in [5.41, 5.74) is 4.64. The number of methoxy groups -OCH3 is 1. The number of halogens is 2. The Bertz CT molecular complexity index is 1470. The van der Waals surface area contributed by atoms with Crippen LogP contribution in [-0.2, 0) is 9.59 Å². The highest BCUT2D eigenvalue weighted by Gasteiger charge is 2.23. The van der Waals surface area contributed by atoms with Gasteiger partial charge in [-0.1, -0.05) is 59.6 Å². The van der Waals surface area contributed by atoms with Crippen LogP contribution >= 0.6 is 23.2 Å². The molecular weight excluding hydrogens is 491 g/mol. The van der Waals surface area contributed by atoms with Gasteiger partial charge in [0.2, 0.25) is 0 Å². The number of carbonyl (C=O) groups is 3. The van der Waals surface area contributed by atoms with Crippen molar-refractivity contribution in [2.75, 3.05) is 23.2 Å². The Hall–Kier alpha value is -4.01. The van der Waals surface area contributed by atoms with Crippen LogP contribution in [0, 0.1) is 6.92 Å². The second-order valence-electron chi connectivity index (χ2n) is 7.53. The number of carbonyl (C=O) groups excluding carboxylic acids is 3. The summed E-state index contributed by atoms with van der Waals surface area (Å²) in [7, 11) is 1.47. The topological polar surface area (TPSA) is 101 Å². The molecule has 4 rings (SSSR count). The first-order valence-corrected chi connectivity index (χ1v) is 11.2. The molecule has 10 heteroatoms. The van der Waals surface area contributed by atoms with Gasteiger partial charge < -0.3 is 15.4 Å². The molecule has 0 saturated carbocycles. The van der Waals surface area contributed by atoms with E-state index < -0.39 is 17.7 Å². The lowest BCUT2D eigenvalue weighted by Gasteiger charge is -2.15. The Labute approximate surface area is 210 Å². The first-order chi connectivity index (χ1) is 16.8. The average molecular weight is 511 g/mol. The van der Waals surface area contributed by atoms with Crippen molar-refractivity contribution in [2.45, 2.75) is 6.92 Å². The highest BCUT2D eigenvalue weighted by molar-refractivity contribution is 6.46. The maximum absolute atomic E-state index is 13.2. The summed E-state index contributed by atoms with van der Waals surface area (Å²) in [6.45, 7) is 1.86. The molecule has 8 nitrogen and oxygen atoms in total. The Balaban J connectivity index is 1.69. The molecule has 1 aromatic heterocycles. The van der Waals surface area contributed by atoms with E-state index in [2.05, 4.69) is 16.1 Å². The number of amides is 3. The number of fused-ring (bicyclic) bond motifs is 1. The summed E-state index contributed by atoms with van der Waals surface area (Å²) in [4.78, 5) is 38.7. The maximum atomic E-state index is 13.2. The minimum Gasteiger partial charge on any atom is -0.494 e. The minimum absolute atomic E-state index is 0.0923. The van der Waals surface area contributed by atoms with Gasteiger partial charge in [0.05, 0.1) is 22.8 Å². The van der Waals surface area contributed by atoms with Gasteiger partial charge in [-0.2, -0.15) is 0 Å². The quantitative estimate of drug-likeness (QED) is 0.320. The molecule has 1 heterocycles. The SMILES string of the molecule is COc1cccc2cc(C(=O)Nc3ccccc3C)n(NC(=O)C(=O)Nc3cccc(Cl)c3Cl)c12. The summed E-state index contributed by atoms with van der Waals surface area (Å²) in [5, 5.41) is 6.21. The van der Waals surface area contributed by atoms with E-state index in [1.54, 1.807) is 48.5 Å². The van der Waals surface area contributed by atoms with Gasteiger partial charge in [0.15, 0.2) is 0 Å². The van der Waals surface area contributed by atoms with Gasteiger partial charge in [-0.05, 0) is 42.8 Å². The summed E-state index contributed by atoms with van der Waals surface area (Å²) in [6.07, 6.45) is 0. The van der Waals surface area contributed by atoms with Crippen LogP contribution in [0.4, 0.5) is 11.4 Å². The molecule has 0 saturated heterocycles. The third-order valence-electron chi connectivity index (χ3n) is 5.25. The van der Waals surface area contributed by atoms with Crippen molar-refractivity contribution >= 4 is 63.2 Å². The van der Waals surface area contributed by atoms with Crippen molar-refractivity contribution in [2.24, 2.45) is 0 Å². The second kappa shape index (κ2) is 10.1. The van der Waals surface area contributed by atoms with Crippen molar-refractivity contribution in [1.82, 2.24) is 4.68 Å². The van der Waals surface area contributed by atoms with E-state index in [4.69, 9.17) is 27.9 Å². The van der Waals surface area contributed by atoms with Crippen LogP contribution < -0.4 is 20.8 Å². The number of rotatable bonds is 5. The molecule has 0 aliphatic rings. The highest BCUT2D eigenvalue weighted by atomic mass is 35.5. The van der Waals surface area contributed by atoms with Crippen molar-refractivity contribution in [3.63, 3.8) is 0 Å². The molecule has 3 N–H and O–H groups in total. The Morgan fingerprint density at radius 2 is 1.57 bits per heavy atom. The van der Waals surface area contributed by atoms with Crippen LogP contribution in [0.5, 0.6) is 5.75 Å². The molecule has 0 aliphatic carbocycles. The summed E-state index contributed by atoms with van der Waals surface area (Å²) in [6, 6.07) is 18.7. The summed E-state index contributed by atoms with van der Waals surface area (Å²) >= 11 is 12.1. The van der Waals surface area contributed by atoms with Gasteiger partial charge in [-0.25, -0.2) is 4.68 Å². The van der Waals surface area contributed by atoms with E-state index in [1.165, 1.54) is 17.9 Å². The zero-order chi connectivity index (χ0) is 25.1. The number of aryl methyl sites for hydroxylation is 1. The number of aromatic nitrogens is 1. The Morgan fingerprint density at radius 1 is 0.857 bits per heavy atom. The molecule has 0 aliphatic heterocycles. The zero-order valence-electron chi connectivity index (χ0n) is 18.7. The fourth-order valence-electron chi connectivity index (χ4n) is 3.51. The van der Waals surface area contributed by atoms with Crippen LogP contribution in [0.1, 0.15) is 16.1 Å². The van der Waals surface area contributed by atoms with Crippen LogP contribution in [0.15, 0.2) is 66.7 Å². The van der Waals surface area contributed by atoms with Gasteiger partial charge in [-0.15, -0.1) is 0 Å². The van der Waals surface area contributed by atoms with E-state index in [-0.39, 0.29) is 21.4 Å². The molecule has 0 radical (unpaired) electrons. The van der Waals surface area contributed by atoms with Gasteiger partial charge in [0.1, 0.15) is 17.0 Å². The predicted molar refractivity (Wildman–Crippen MR) is 137 cm³/mol. The standard InChI is InChI=1S/C25H20Cl2N4O4/c1-14-7-3-4-10-17(14)28-23(32)19-13-15-8-5-12-20(35-2)22(15)31(19)30-25(34)24(33)29-18-11-6-9-16(26)21(18)27/h3-13H,1-2H3,(H,28,32)(H,29,33)(H,30,34). The van der Waals surface area contributed by atoms with E-state index in [0.717, 1.165) is 5.56 Å². The lowest BCUT2D eigenvalue weighted by atomic mass is 10.2. The average Bonchev–Trinajstić information content (AvgIpc) is 3.22. The minimum atomic E-state index is -1.03. The van der Waals surface area contributed by atoms with Crippen LogP contribution in [0.25, 0.3) is 10.9 Å². The number of benzene rings is 3. The predicted octanol–water partition coefficient (Wildman–Crippen LogP) is 5.23. The smallest absolute Gasteiger partial charge is 0.328 e. The summed E-state index contributed by atoms with van der Waals surface area (Å²) in [5.74, 6) is -2.13. The number of ether oxygens (including phenoxy) is 1. The first kappa shape index (κ1) is 24.1. The molecule has 3 aromatic carbocycles. The monoisotopic (exact) mass is 510 g/mol. The van der Waals surface area contributed by atoms with Crippen LogP contribution in [-0.4, -0.2) is 29.5 Å². The third kappa shape index (κ3) is 4.94. The lowest BCUT2D eigenvalue weighted by molar-refractivity contribution is -0.133. The van der Waals surface area contributed by atoms with Gasteiger partial charge >= 0.3 is 11.8 Å². The molecule has 0 bridgehead atoms. The largest absolute Gasteiger partial charge is 0.494 e. The van der Waals surface area contributed by atoms with Crippen molar-refractivity contribution in [1.29, 1.82) is 0 Å². The Morgan fingerprint density at radius 3 is 2.31 bits per heavy atom. The van der Waals surface area contributed by atoms with Crippen LogP contribution in [0.2, 0.25) is 10.0 Å². The number of hydrogen-bond acceptors (Lipinski definition) is 4.